The van der Waals surface area contributed by atoms with Crippen LogP contribution in [0.15, 0.2) is 78.9 Å². The van der Waals surface area contributed by atoms with Gasteiger partial charge in [0, 0.05) is 29.0 Å². The lowest BCUT2D eigenvalue weighted by Crippen LogP contribution is -2.34. The van der Waals surface area contributed by atoms with Gasteiger partial charge in [0.2, 0.25) is 0 Å². The summed E-state index contributed by atoms with van der Waals surface area (Å²) in [5.41, 5.74) is 6.11. The molecule has 0 fully saturated rings. The number of esters is 1. The molecule has 0 unspecified atom stereocenters. The van der Waals surface area contributed by atoms with Crippen LogP contribution in [0.5, 0.6) is 11.5 Å². The highest BCUT2D eigenvalue weighted by atomic mass is 16.5. The van der Waals surface area contributed by atoms with Crippen LogP contribution in [0.4, 0.5) is 0 Å². The van der Waals surface area contributed by atoms with Gasteiger partial charge in [-0.2, -0.15) is 0 Å². The lowest BCUT2D eigenvalue weighted by atomic mass is 9.81. The number of carbonyl (C=O) groups is 1. The smallest absolute Gasteiger partial charge is 0.308 e. The molecular weight excluding hydrogens is 432 g/mol. The molecular formula is C32H30O3. The van der Waals surface area contributed by atoms with Gasteiger partial charge in [0.1, 0.15) is 11.5 Å². The molecule has 0 saturated heterocycles. The van der Waals surface area contributed by atoms with Crippen molar-refractivity contribution < 1.29 is 14.3 Å². The van der Waals surface area contributed by atoms with Crippen LogP contribution in [0.3, 0.4) is 0 Å². The first-order valence-electron chi connectivity index (χ1n) is 12.1. The predicted molar refractivity (Wildman–Crippen MR) is 142 cm³/mol. The van der Waals surface area contributed by atoms with Gasteiger partial charge in [0.05, 0.1) is 0 Å². The Bertz CT molecular complexity index is 1400. The van der Waals surface area contributed by atoms with E-state index in [9.17, 15) is 4.79 Å². The molecule has 5 rings (SSSR count). The Kier molecular flexibility index (Phi) is 5.72. The molecule has 0 spiro atoms. The van der Waals surface area contributed by atoms with E-state index in [1.807, 2.05) is 18.2 Å². The number of hydrogen-bond acceptors (Lipinski definition) is 3. The molecule has 0 radical (unpaired) electrons. The third kappa shape index (κ3) is 4.12. The summed E-state index contributed by atoms with van der Waals surface area (Å²) in [5, 5.41) is 1.98. The minimum Gasteiger partial charge on any atom is -0.472 e. The minimum absolute atomic E-state index is 0.296. The van der Waals surface area contributed by atoms with E-state index < -0.39 is 5.60 Å². The van der Waals surface area contributed by atoms with Crippen LogP contribution >= 0.6 is 0 Å². The van der Waals surface area contributed by atoms with Gasteiger partial charge in [-0.25, -0.2) is 0 Å². The second-order valence-electron chi connectivity index (χ2n) is 9.74. The summed E-state index contributed by atoms with van der Waals surface area (Å²) in [6.07, 6.45) is 4.41. The van der Waals surface area contributed by atoms with Gasteiger partial charge >= 0.3 is 5.97 Å². The standard InChI is InChI=1S/C32H30O3/c1-20(2)30-19-24-18-27(34-23(5)33)14-15-28(24)31-29(30)16-17-32(35-31,25-10-6-21(3)7-11-25)26-12-8-22(4)9-13-26/h6-20H,1-5H3. The summed E-state index contributed by atoms with van der Waals surface area (Å²) < 4.78 is 12.5. The van der Waals surface area contributed by atoms with Crippen molar-refractivity contribution in [1.82, 2.24) is 0 Å². The molecule has 1 aliphatic heterocycles. The highest BCUT2D eigenvalue weighted by molar-refractivity contribution is 5.95. The number of ether oxygens (including phenoxy) is 2. The van der Waals surface area contributed by atoms with Crippen molar-refractivity contribution in [2.45, 2.75) is 46.1 Å². The van der Waals surface area contributed by atoms with Crippen molar-refractivity contribution >= 4 is 22.8 Å². The molecule has 35 heavy (non-hydrogen) atoms. The first kappa shape index (κ1) is 22.9. The normalized spacial score (nSPS) is 14.0. The molecule has 0 aliphatic carbocycles. The maximum Gasteiger partial charge on any atom is 0.308 e. The van der Waals surface area contributed by atoms with Gasteiger partial charge in [-0.15, -0.1) is 0 Å². The van der Waals surface area contributed by atoms with Crippen molar-refractivity contribution in [1.29, 1.82) is 0 Å². The summed E-state index contributed by atoms with van der Waals surface area (Å²) in [7, 11) is 0. The van der Waals surface area contributed by atoms with Gasteiger partial charge in [0.25, 0.3) is 0 Å². The Hall–Kier alpha value is -3.85. The average Bonchev–Trinajstić information content (AvgIpc) is 2.83. The number of fused-ring (bicyclic) bond motifs is 3. The maximum absolute atomic E-state index is 11.5. The summed E-state index contributed by atoms with van der Waals surface area (Å²) in [5.74, 6) is 1.35. The SMILES string of the molecule is CC(=O)Oc1ccc2c3c(c(C(C)C)cc2c1)C=CC(c1ccc(C)cc1)(c1ccc(C)cc1)O3. The minimum atomic E-state index is -0.758. The quantitative estimate of drug-likeness (QED) is 0.229. The van der Waals surface area contributed by atoms with Gasteiger partial charge in [-0.3, -0.25) is 4.79 Å². The Balaban J connectivity index is 1.76. The van der Waals surface area contributed by atoms with E-state index in [0.717, 1.165) is 33.2 Å². The fourth-order valence-corrected chi connectivity index (χ4v) is 4.85. The third-order valence-corrected chi connectivity index (χ3v) is 6.73. The van der Waals surface area contributed by atoms with Crippen LogP contribution in [-0.4, -0.2) is 5.97 Å². The molecule has 0 amide bonds. The van der Waals surface area contributed by atoms with Crippen molar-refractivity contribution in [3.8, 4) is 11.5 Å². The van der Waals surface area contributed by atoms with E-state index in [1.54, 1.807) is 0 Å². The van der Waals surface area contributed by atoms with Crippen LogP contribution in [0, 0.1) is 13.8 Å². The van der Waals surface area contributed by atoms with Crippen LogP contribution in [0.1, 0.15) is 60.1 Å². The molecule has 0 N–H and O–H groups in total. The Morgan fingerprint density at radius 1 is 0.857 bits per heavy atom. The molecule has 3 heteroatoms. The molecule has 176 valence electrons. The van der Waals surface area contributed by atoms with Gasteiger partial charge in [-0.1, -0.05) is 79.6 Å². The highest BCUT2D eigenvalue weighted by Crippen LogP contribution is 2.47. The van der Waals surface area contributed by atoms with Crippen molar-refractivity contribution in [3.63, 3.8) is 0 Å². The number of rotatable bonds is 4. The number of carbonyl (C=O) groups excluding carboxylic acids is 1. The van der Waals surface area contributed by atoms with E-state index in [2.05, 4.69) is 94.4 Å². The maximum atomic E-state index is 11.5. The Labute approximate surface area is 207 Å². The fraction of sp³-hybridized carbons (Fsp3) is 0.219. The average molecular weight is 463 g/mol. The van der Waals surface area contributed by atoms with E-state index in [-0.39, 0.29) is 5.97 Å². The lowest BCUT2D eigenvalue weighted by molar-refractivity contribution is -0.131. The number of benzene rings is 4. The Morgan fingerprint density at radius 2 is 1.46 bits per heavy atom. The summed E-state index contributed by atoms with van der Waals surface area (Å²) in [6.45, 7) is 9.98. The van der Waals surface area contributed by atoms with Gasteiger partial charge < -0.3 is 9.47 Å². The van der Waals surface area contributed by atoms with Crippen LogP contribution in [0.25, 0.3) is 16.8 Å². The van der Waals surface area contributed by atoms with E-state index in [4.69, 9.17) is 9.47 Å². The van der Waals surface area contributed by atoms with Crippen LogP contribution < -0.4 is 9.47 Å². The zero-order chi connectivity index (χ0) is 24.7. The molecule has 0 aromatic heterocycles. The van der Waals surface area contributed by atoms with Crippen molar-refractivity contribution in [2.24, 2.45) is 0 Å². The predicted octanol–water partition coefficient (Wildman–Crippen LogP) is 7.85. The molecule has 0 bridgehead atoms. The van der Waals surface area contributed by atoms with E-state index in [0.29, 0.717) is 11.7 Å². The number of hydrogen-bond donors (Lipinski definition) is 0. The Morgan fingerprint density at radius 3 is 2.00 bits per heavy atom. The fourth-order valence-electron chi connectivity index (χ4n) is 4.85. The number of aryl methyl sites for hydroxylation is 2. The second kappa shape index (κ2) is 8.74. The lowest BCUT2D eigenvalue weighted by Gasteiger charge is -2.37. The second-order valence-corrected chi connectivity index (χ2v) is 9.74. The third-order valence-electron chi connectivity index (χ3n) is 6.73. The summed E-state index contributed by atoms with van der Waals surface area (Å²) >= 11 is 0. The topological polar surface area (TPSA) is 35.5 Å². The van der Waals surface area contributed by atoms with E-state index >= 15 is 0 Å². The molecule has 4 aromatic carbocycles. The molecule has 1 heterocycles. The zero-order valence-corrected chi connectivity index (χ0v) is 20.9. The van der Waals surface area contributed by atoms with Crippen molar-refractivity contribution in [3.05, 3.63) is 112 Å². The first-order chi connectivity index (χ1) is 16.8. The van der Waals surface area contributed by atoms with Crippen LogP contribution in [0.2, 0.25) is 0 Å². The zero-order valence-electron chi connectivity index (χ0n) is 20.9. The monoisotopic (exact) mass is 462 g/mol. The van der Waals surface area contributed by atoms with Crippen LogP contribution in [-0.2, 0) is 10.4 Å². The largest absolute Gasteiger partial charge is 0.472 e. The van der Waals surface area contributed by atoms with Gasteiger partial charge in [0.15, 0.2) is 5.60 Å². The summed E-state index contributed by atoms with van der Waals surface area (Å²) in [4.78, 5) is 11.5. The first-order valence-corrected chi connectivity index (χ1v) is 12.1. The summed E-state index contributed by atoms with van der Waals surface area (Å²) in [6, 6.07) is 25.1. The molecule has 0 saturated carbocycles. The molecule has 0 atom stereocenters. The van der Waals surface area contributed by atoms with E-state index in [1.165, 1.54) is 23.6 Å². The van der Waals surface area contributed by atoms with Gasteiger partial charge in [-0.05, 0) is 61.1 Å². The molecule has 1 aliphatic rings. The highest BCUT2D eigenvalue weighted by Gasteiger charge is 2.38. The molecule has 4 aromatic rings. The molecule has 3 nitrogen and oxygen atoms in total. The van der Waals surface area contributed by atoms with Crippen molar-refractivity contribution in [2.75, 3.05) is 0 Å².